The van der Waals surface area contributed by atoms with E-state index in [0.717, 1.165) is 35.8 Å². The highest BCUT2D eigenvalue weighted by Gasteiger charge is 2.22. The summed E-state index contributed by atoms with van der Waals surface area (Å²) in [5.41, 5.74) is 0.743. The van der Waals surface area contributed by atoms with Crippen LogP contribution in [-0.2, 0) is 11.2 Å². The summed E-state index contributed by atoms with van der Waals surface area (Å²) in [7, 11) is 0. The molecular weight excluding hydrogens is 333 g/mol. The second-order valence-electron chi connectivity index (χ2n) is 5.28. The quantitative estimate of drug-likeness (QED) is 0.653. The molecule has 0 spiro atoms. The van der Waals surface area contributed by atoms with Crippen LogP contribution in [0.4, 0.5) is 4.39 Å². The van der Waals surface area contributed by atoms with Gasteiger partial charge in [-0.1, -0.05) is 42.3 Å². The maximum absolute atomic E-state index is 14.1. The Kier molecular flexibility index (Phi) is 9.13. The van der Waals surface area contributed by atoms with E-state index in [1.54, 1.807) is 0 Å². The summed E-state index contributed by atoms with van der Waals surface area (Å²) in [6.07, 6.45) is 3.91. The van der Waals surface area contributed by atoms with Gasteiger partial charge in [-0.25, -0.2) is 4.39 Å². The van der Waals surface area contributed by atoms with E-state index in [1.165, 1.54) is 6.07 Å². The summed E-state index contributed by atoms with van der Waals surface area (Å²) in [5, 5.41) is 3.53. The summed E-state index contributed by atoms with van der Waals surface area (Å²) in [4.78, 5) is 0. The van der Waals surface area contributed by atoms with Gasteiger partial charge in [-0.15, -0.1) is 0 Å². The summed E-state index contributed by atoms with van der Waals surface area (Å²) < 4.78 is 20.7. The van der Waals surface area contributed by atoms with Crippen LogP contribution in [0.3, 0.4) is 0 Å². The molecule has 0 bridgehead atoms. The lowest BCUT2D eigenvalue weighted by Gasteiger charge is -2.28. The standard InChI is InChI=1S/C17H27BrFNO/c1-4-7-17(21-6-3)16(20-10-5-2)11-13-8-9-14(18)12-15(13)19/h8-9,12,16-17,20H,4-7,10-11H2,1-3H3. The van der Waals surface area contributed by atoms with Crippen LogP contribution in [-0.4, -0.2) is 25.3 Å². The Balaban J connectivity index is 2.84. The molecule has 1 aromatic carbocycles. The lowest BCUT2D eigenvalue weighted by molar-refractivity contribution is 0.0280. The zero-order valence-electron chi connectivity index (χ0n) is 13.3. The highest BCUT2D eigenvalue weighted by molar-refractivity contribution is 9.10. The zero-order valence-corrected chi connectivity index (χ0v) is 14.9. The monoisotopic (exact) mass is 359 g/mol. The minimum Gasteiger partial charge on any atom is -0.377 e. The first-order chi connectivity index (χ1) is 10.1. The van der Waals surface area contributed by atoms with E-state index in [-0.39, 0.29) is 18.0 Å². The largest absolute Gasteiger partial charge is 0.377 e. The highest BCUT2D eigenvalue weighted by Crippen LogP contribution is 2.19. The number of benzene rings is 1. The van der Waals surface area contributed by atoms with E-state index in [4.69, 9.17) is 4.74 Å². The second kappa shape index (κ2) is 10.3. The number of hydrogen-bond acceptors (Lipinski definition) is 2. The Morgan fingerprint density at radius 2 is 2.00 bits per heavy atom. The van der Waals surface area contributed by atoms with Crippen LogP contribution >= 0.6 is 15.9 Å². The molecule has 0 aromatic heterocycles. The molecule has 1 N–H and O–H groups in total. The Morgan fingerprint density at radius 3 is 2.57 bits per heavy atom. The third-order valence-corrected chi connectivity index (χ3v) is 4.01. The summed E-state index contributed by atoms with van der Waals surface area (Å²) >= 11 is 3.30. The predicted molar refractivity (Wildman–Crippen MR) is 90.2 cm³/mol. The Labute approximate surface area is 136 Å². The van der Waals surface area contributed by atoms with Crippen molar-refractivity contribution in [3.05, 3.63) is 34.1 Å². The Bertz CT molecular complexity index is 408. The third kappa shape index (κ3) is 6.45. The van der Waals surface area contributed by atoms with Crippen molar-refractivity contribution in [3.8, 4) is 0 Å². The second-order valence-corrected chi connectivity index (χ2v) is 6.20. The number of halogens is 2. The van der Waals surface area contributed by atoms with E-state index in [1.807, 2.05) is 19.1 Å². The zero-order chi connectivity index (χ0) is 15.7. The van der Waals surface area contributed by atoms with Crippen LogP contribution in [0.25, 0.3) is 0 Å². The first-order valence-electron chi connectivity index (χ1n) is 7.91. The first-order valence-corrected chi connectivity index (χ1v) is 8.70. The highest BCUT2D eigenvalue weighted by atomic mass is 79.9. The summed E-state index contributed by atoms with van der Waals surface area (Å²) in [6, 6.07) is 5.43. The average molecular weight is 360 g/mol. The summed E-state index contributed by atoms with van der Waals surface area (Å²) in [6.45, 7) is 7.93. The van der Waals surface area contributed by atoms with Crippen LogP contribution in [0.1, 0.15) is 45.6 Å². The molecule has 1 aromatic rings. The van der Waals surface area contributed by atoms with Gasteiger partial charge in [0.05, 0.1) is 6.10 Å². The van der Waals surface area contributed by atoms with Crippen molar-refractivity contribution in [2.75, 3.05) is 13.2 Å². The normalized spacial score (nSPS) is 14.1. The molecule has 0 radical (unpaired) electrons. The Hall–Kier alpha value is -0.450. The lowest BCUT2D eigenvalue weighted by Crippen LogP contribution is -2.43. The summed E-state index contributed by atoms with van der Waals surface area (Å²) in [5.74, 6) is -0.153. The fraction of sp³-hybridized carbons (Fsp3) is 0.647. The average Bonchev–Trinajstić information content (AvgIpc) is 2.45. The van der Waals surface area contributed by atoms with Crippen LogP contribution in [0.2, 0.25) is 0 Å². The van der Waals surface area contributed by atoms with Crippen molar-refractivity contribution < 1.29 is 9.13 Å². The van der Waals surface area contributed by atoms with Gasteiger partial charge < -0.3 is 10.1 Å². The molecule has 0 heterocycles. The molecule has 0 saturated carbocycles. The van der Waals surface area contributed by atoms with Gasteiger partial charge in [-0.3, -0.25) is 0 Å². The maximum atomic E-state index is 14.1. The van der Waals surface area contributed by atoms with E-state index >= 15 is 0 Å². The van der Waals surface area contributed by atoms with Gasteiger partial charge in [0, 0.05) is 17.1 Å². The fourth-order valence-corrected chi connectivity index (χ4v) is 2.82. The molecule has 0 aliphatic carbocycles. The van der Waals surface area contributed by atoms with E-state index < -0.39 is 0 Å². The van der Waals surface area contributed by atoms with E-state index in [2.05, 4.69) is 35.1 Å². The number of hydrogen-bond donors (Lipinski definition) is 1. The molecule has 0 amide bonds. The third-order valence-electron chi connectivity index (χ3n) is 3.51. The van der Waals surface area contributed by atoms with E-state index in [9.17, 15) is 4.39 Å². The maximum Gasteiger partial charge on any atom is 0.127 e. The smallest absolute Gasteiger partial charge is 0.127 e. The Morgan fingerprint density at radius 1 is 1.24 bits per heavy atom. The molecule has 2 atom stereocenters. The molecule has 2 nitrogen and oxygen atoms in total. The van der Waals surface area contributed by atoms with Gasteiger partial charge in [0.25, 0.3) is 0 Å². The SMILES string of the molecule is CCCNC(Cc1ccc(Br)cc1F)C(CCC)OCC. The molecule has 2 unspecified atom stereocenters. The van der Waals surface area contributed by atoms with Crippen LogP contribution in [0, 0.1) is 5.82 Å². The lowest BCUT2D eigenvalue weighted by atomic mass is 9.97. The van der Waals surface area contributed by atoms with Crippen LogP contribution in [0.5, 0.6) is 0 Å². The van der Waals surface area contributed by atoms with E-state index in [0.29, 0.717) is 13.0 Å². The van der Waals surface area contributed by atoms with Crippen molar-refractivity contribution in [2.45, 2.75) is 58.6 Å². The van der Waals surface area contributed by atoms with Crippen molar-refractivity contribution >= 4 is 15.9 Å². The minimum atomic E-state index is -0.153. The molecule has 0 aliphatic heterocycles. The molecule has 21 heavy (non-hydrogen) atoms. The molecular formula is C17H27BrFNO. The van der Waals surface area contributed by atoms with Gasteiger partial charge in [-0.2, -0.15) is 0 Å². The number of nitrogens with one attached hydrogen (secondary N) is 1. The van der Waals surface area contributed by atoms with Crippen molar-refractivity contribution in [1.82, 2.24) is 5.32 Å². The van der Waals surface area contributed by atoms with Crippen molar-refractivity contribution in [3.63, 3.8) is 0 Å². The molecule has 1 rings (SSSR count). The van der Waals surface area contributed by atoms with Crippen molar-refractivity contribution in [1.29, 1.82) is 0 Å². The van der Waals surface area contributed by atoms with Gasteiger partial charge in [0.15, 0.2) is 0 Å². The molecule has 0 fully saturated rings. The van der Waals surface area contributed by atoms with Gasteiger partial charge in [-0.05, 0) is 50.4 Å². The van der Waals surface area contributed by atoms with Crippen LogP contribution < -0.4 is 5.32 Å². The fourth-order valence-electron chi connectivity index (χ4n) is 2.49. The molecule has 4 heteroatoms. The molecule has 0 saturated heterocycles. The van der Waals surface area contributed by atoms with Crippen molar-refractivity contribution in [2.24, 2.45) is 0 Å². The van der Waals surface area contributed by atoms with Gasteiger partial charge in [0.1, 0.15) is 5.82 Å². The number of rotatable bonds is 10. The molecule has 120 valence electrons. The predicted octanol–water partition coefficient (Wildman–Crippen LogP) is 4.70. The van der Waals surface area contributed by atoms with Crippen LogP contribution in [0.15, 0.2) is 22.7 Å². The van der Waals surface area contributed by atoms with Gasteiger partial charge >= 0.3 is 0 Å². The topological polar surface area (TPSA) is 21.3 Å². The number of ether oxygens (including phenoxy) is 1. The molecule has 0 aliphatic rings. The van der Waals surface area contributed by atoms with Gasteiger partial charge in [0.2, 0.25) is 0 Å². The minimum absolute atomic E-state index is 0.134. The first kappa shape index (κ1) is 18.6.